The van der Waals surface area contributed by atoms with E-state index in [4.69, 9.17) is 16.6 Å². The van der Waals surface area contributed by atoms with Gasteiger partial charge in [-0.3, -0.25) is 4.90 Å². The third-order valence-corrected chi connectivity index (χ3v) is 9.26. The summed E-state index contributed by atoms with van der Waals surface area (Å²) >= 11 is 6.63. The number of nitrogens with zero attached hydrogens (tertiary/aromatic N) is 4. The number of anilines is 1. The molecule has 7 nitrogen and oxygen atoms in total. The molecule has 1 saturated heterocycles. The molecule has 5 aromatic rings. The predicted octanol–water partition coefficient (Wildman–Crippen LogP) is 6.31. The third-order valence-electron chi connectivity index (χ3n) is 7.29. The summed E-state index contributed by atoms with van der Waals surface area (Å²) in [5.74, 6) is 0.990. The Bertz CT molecular complexity index is 1740. The first-order chi connectivity index (χ1) is 19.4. The average Bonchev–Trinajstić information content (AvgIpc) is 3.35. The summed E-state index contributed by atoms with van der Waals surface area (Å²) in [6, 6.07) is 26.5. The van der Waals surface area contributed by atoms with Crippen LogP contribution in [0.4, 0.5) is 5.95 Å². The van der Waals surface area contributed by atoms with Gasteiger partial charge in [0.1, 0.15) is 0 Å². The maximum Gasteiger partial charge on any atom is 0.268 e. The number of piperidine rings is 1. The molecule has 2 atom stereocenters. The first-order valence-corrected chi connectivity index (χ1v) is 15.2. The summed E-state index contributed by atoms with van der Waals surface area (Å²) < 4.78 is 28.5. The first kappa shape index (κ1) is 26.5. The van der Waals surface area contributed by atoms with Crippen molar-refractivity contribution in [3.05, 3.63) is 108 Å². The van der Waals surface area contributed by atoms with Crippen LogP contribution in [0.1, 0.15) is 18.9 Å². The van der Waals surface area contributed by atoms with E-state index in [1.165, 1.54) is 9.54 Å². The largest absolute Gasteiger partial charge is 0.350 e. The quantitative estimate of drug-likeness (QED) is 0.246. The molecule has 0 radical (unpaired) electrons. The van der Waals surface area contributed by atoms with E-state index >= 15 is 0 Å². The Hall–Kier alpha value is -3.72. The van der Waals surface area contributed by atoms with Crippen molar-refractivity contribution in [1.29, 1.82) is 0 Å². The normalized spacial score (nSPS) is 18.1. The topological polar surface area (TPSA) is 80.1 Å². The minimum atomic E-state index is -3.83. The Balaban J connectivity index is 1.32. The van der Waals surface area contributed by atoms with E-state index in [0.29, 0.717) is 33.7 Å². The number of fused-ring (bicyclic) bond motifs is 1. The van der Waals surface area contributed by atoms with Crippen molar-refractivity contribution in [2.24, 2.45) is 5.92 Å². The lowest BCUT2D eigenvalue weighted by Crippen LogP contribution is -2.45. The molecule has 3 aromatic carbocycles. The molecule has 40 heavy (non-hydrogen) atoms. The van der Waals surface area contributed by atoms with Crippen LogP contribution in [0.2, 0.25) is 5.02 Å². The van der Waals surface area contributed by atoms with Crippen LogP contribution in [-0.4, -0.2) is 46.4 Å². The van der Waals surface area contributed by atoms with E-state index in [-0.39, 0.29) is 10.9 Å². The third kappa shape index (κ3) is 5.35. The molecule has 1 N–H and O–H groups in total. The monoisotopic (exact) mass is 571 g/mol. The van der Waals surface area contributed by atoms with Crippen molar-refractivity contribution in [3.63, 3.8) is 0 Å². The summed E-state index contributed by atoms with van der Waals surface area (Å²) in [7, 11) is -3.83. The van der Waals surface area contributed by atoms with Crippen molar-refractivity contribution in [2.45, 2.75) is 30.8 Å². The minimum absolute atomic E-state index is 0.168. The van der Waals surface area contributed by atoms with Crippen LogP contribution in [0.25, 0.3) is 22.2 Å². The van der Waals surface area contributed by atoms with Crippen LogP contribution in [0, 0.1) is 5.92 Å². The molecule has 0 aliphatic carbocycles. The molecule has 0 spiro atoms. The molecule has 204 valence electrons. The van der Waals surface area contributed by atoms with Gasteiger partial charge in [-0.05, 0) is 36.1 Å². The molecule has 9 heteroatoms. The van der Waals surface area contributed by atoms with Gasteiger partial charge in [-0.1, -0.05) is 85.3 Å². The number of para-hydroxylation sites is 1. The van der Waals surface area contributed by atoms with Gasteiger partial charge in [0, 0.05) is 42.8 Å². The van der Waals surface area contributed by atoms with Gasteiger partial charge in [0.2, 0.25) is 5.95 Å². The maximum absolute atomic E-state index is 13.6. The van der Waals surface area contributed by atoms with Gasteiger partial charge in [0.05, 0.1) is 27.3 Å². The predicted molar refractivity (Wildman–Crippen MR) is 160 cm³/mol. The minimum Gasteiger partial charge on any atom is -0.350 e. The van der Waals surface area contributed by atoms with Crippen molar-refractivity contribution in [3.8, 4) is 11.3 Å². The Morgan fingerprint density at radius 3 is 2.42 bits per heavy atom. The molecule has 2 aromatic heterocycles. The molecule has 0 saturated carbocycles. The molecule has 1 aliphatic heterocycles. The smallest absolute Gasteiger partial charge is 0.268 e. The molecule has 1 aliphatic rings. The van der Waals surface area contributed by atoms with E-state index in [1.54, 1.807) is 48.8 Å². The molecule has 0 unspecified atom stereocenters. The highest BCUT2D eigenvalue weighted by atomic mass is 35.5. The maximum atomic E-state index is 13.6. The van der Waals surface area contributed by atoms with Gasteiger partial charge in [0.25, 0.3) is 10.0 Å². The second-order valence-electron chi connectivity index (χ2n) is 10.4. The number of hydrogen-bond donors (Lipinski definition) is 1. The highest BCUT2D eigenvalue weighted by molar-refractivity contribution is 7.90. The van der Waals surface area contributed by atoms with Crippen LogP contribution in [0.5, 0.6) is 0 Å². The fourth-order valence-electron chi connectivity index (χ4n) is 5.59. The molecular formula is C31H30ClN5O2S. The molecule has 6 rings (SSSR count). The van der Waals surface area contributed by atoms with Crippen LogP contribution < -0.4 is 5.32 Å². The van der Waals surface area contributed by atoms with Crippen molar-refractivity contribution < 1.29 is 8.42 Å². The summed E-state index contributed by atoms with van der Waals surface area (Å²) in [5, 5.41) is 4.63. The van der Waals surface area contributed by atoms with Crippen LogP contribution in [-0.2, 0) is 16.6 Å². The molecule has 1 fully saturated rings. The molecular weight excluding hydrogens is 542 g/mol. The van der Waals surface area contributed by atoms with Crippen LogP contribution in [0.15, 0.2) is 102 Å². The summed E-state index contributed by atoms with van der Waals surface area (Å²) in [6.45, 7) is 5.07. The summed E-state index contributed by atoms with van der Waals surface area (Å²) in [5.41, 5.74) is 2.97. The summed E-state index contributed by atoms with van der Waals surface area (Å²) in [4.78, 5) is 12.0. The number of halogens is 1. The van der Waals surface area contributed by atoms with Gasteiger partial charge in [0.15, 0.2) is 0 Å². The Labute approximate surface area is 239 Å². The van der Waals surface area contributed by atoms with E-state index in [9.17, 15) is 8.42 Å². The molecule has 0 amide bonds. The fourth-order valence-corrected chi connectivity index (χ4v) is 7.17. The Morgan fingerprint density at radius 1 is 0.950 bits per heavy atom. The fraction of sp³-hybridized carbons (Fsp3) is 0.226. The van der Waals surface area contributed by atoms with Gasteiger partial charge >= 0.3 is 0 Å². The van der Waals surface area contributed by atoms with Gasteiger partial charge in [-0.2, -0.15) is 0 Å². The van der Waals surface area contributed by atoms with Crippen LogP contribution in [0.3, 0.4) is 0 Å². The highest BCUT2D eigenvalue weighted by Crippen LogP contribution is 2.36. The number of benzene rings is 3. The van der Waals surface area contributed by atoms with E-state index in [2.05, 4.69) is 46.4 Å². The zero-order chi connectivity index (χ0) is 27.7. The summed E-state index contributed by atoms with van der Waals surface area (Å²) in [6.07, 6.45) is 4.19. The van der Waals surface area contributed by atoms with Crippen molar-refractivity contribution >= 4 is 38.5 Å². The Kier molecular flexibility index (Phi) is 7.31. The zero-order valence-electron chi connectivity index (χ0n) is 22.1. The lowest BCUT2D eigenvalue weighted by Gasteiger charge is -2.36. The standard InChI is InChI=1S/C31H30ClN5O2S/c1-22-16-24(20-36(18-22)19-23-10-4-2-5-11-23)34-31-33-17-28(32)30(35-31)27-21-37(29-15-9-8-14-26(27)29)40(38,39)25-12-6-3-7-13-25/h2-15,17,21-22,24H,16,18-20H2,1H3,(H,33,34,35)/t22-,24-/m0/s1. The first-order valence-electron chi connectivity index (χ1n) is 13.3. The lowest BCUT2D eigenvalue weighted by atomic mass is 9.95. The highest BCUT2D eigenvalue weighted by Gasteiger charge is 2.27. The SMILES string of the molecule is C[C@H]1C[C@H](Nc2ncc(Cl)c(-c3cn(S(=O)(=O)c4ccccc4)c4ccccc34)n2)CN(Cc2ccccc2)C1. The number of likely N-dealkylation sites (tertiary alicyclic amines) is 1. The Morgan fingerprint density at radius 2 is 1.65 bits per heavy atom. The van der Waals surface area contributed by atoms with E-state index in [0.717, 1.165) is 31.4 Å². The number of aromatic nitrogens is 3. The van der Waals surface area contributed by atoms with Crippen molar-refractivity contribution in [2.75, 3.05) is 18.4 Å². The lowest BCUT2D eigenvalue weighted by molar-refractivity contribution is 0.165. The van der Waals surface area contributed by atoms with Gasteiger partial charge in [-0.15, -0.1) is 0 Å². The van der Waals surface area contributed by atoms with Gasteiger partial charge < -0.3 is 5.32 Å². The molecule has 0 bridgehead atoms. The molecule has 3 heterocycles. The number of rotatable bonds is 7. The second kappa shape index (κ2) is 11.0. The van der Waals surface area contributed by atoms with Crippen molar-refractivity contribution in [1.82, 2.24) is 18.8 Å². The number of nitrogens with one attached hydrogen (secondary N) is 1. The zero-order valence-corrected chi connectivity index (χ0v) is 23.7. The number of hydrogen-bond acceptors (Lipinski definition) is 6. The van der Waals surface area contributed by atoms with Crippen LogP contribution >= 0.6 is 11.6 Å². The average molecular weight is 572 g/mol. The van der Waals surface area contributed by atoms with E-state index < -0.39 is 10.0 Å². The second-order valence-corrected chi connectivity index (χ2v) is 12.6. The van der Waals surface area contributed by atoms with Gasteiger partial charge in [-0.25, -0.2) is 22.4 Å². The van der Waals surface area contributed by atoms with E-state index in [1.807, 2.05) is 24.3 Å².